The lowest BCUT2D eigenvalue weighted by molar-refractivity contribution is 0.0600. The first-order chi connectivity index (χ1) is 8.91. The Hall–Kier alpha value is -1.70. The highest BCUT2D eigenvalue weighted by Crippen LogP contribution is 2.18. The first-order valence-corrected chi connectivity index (χ1v) is 7.45. The standard InChI is InChI=1S/C11H13FN2O4S/c1-18-11(15)8-6-9(12)13-10(7-8)14-2-4-19(16,17)5-3-14/h6-7H,2-5H2,1H3. The summed E-state index contributed by atoms with van der Waals surface area (Å²) in [5.41, 5.74) is 0.0541. The summed E-state index contributed by atoms with van der Waals surface area (Å²) in [6.45, 7) is 0.471. The van der Waals surface area contributed by atoms with E-state index in [2.05, 4.69) is 9.72 Å². The van der Waals surface area contributed by atoms with Crippen molar-refractivity contribution in [3.63, 3.8) is 0 Å². The van der Waals surface area contributed by atoms with E-state index in [0.717, 1.165) is 6.07 Å². The van der Waals surface area contributed by atoms with Gasteiger partial charge in [0.2, 0.25) is 5.95 Å². The Morgan fingerprint density at radius 3 is 2.58 bits per heavy atom. The largest absolute Gasteiger partial charge is 0.465 e. The molecular formula is C11H13FN2O4S. The molecule has 8 heteroatoms. The molecule has 0 aromatic carbocycles. The van der Waals surface area contributed by atoms with Gasteiger partial charge in [-0.1, -0.05) is 0 Å². The van der Waals surface area contributed by atoms with Crippen molar-refractivity contribution < 1.29 is 22.3 Å². The average molecular weight is 288 g/mol. The number of ether oxygens (including phenoxy) is 1. The van der Waals surface area contributed by atoms with Crippen LogP contribution in [0.1, 0.15) is 10.4 Å². The van der Waals surface area contributed by atoms with E-state index < -0.39 is 21.8 Å². The summed E-state index contributed by atoms with van der Waals surface area (Å²) in [4.78, 5) is 16.7. The first kappa shape index (κ1) is 13.7. The highest BCUT2D eigenvalue weighted by molar-refractivity contribution is 7.91. The molecule has 1 aliphatic heterocycles. The minimum Gasteiger partial charge on any atom is -0.465 e. The average Bonchev–Trinajstić information content (AvgIpc) is 2.37. The lowest BCUT2D eigenvalue weighted by atomic mass is 10.2. The third-order valence-corrected chi connectivity index (χ3v) is 4.48. The lowest BCUT2D eigenvalue weighted by Gasteiger charge is -2.27. The van der Waals surface area contributed by atoms with Crippen molar-refractivity contribution in [3.05, 3.63) is 23.6 Å². The van der Waals surface area contributed by atoms with Crippen LogP contribution in [0, 0.1) is 5.95 Å². The molecule has 0 unspecified atom stereocenters. The molecule has 1 saturated heterocycles. The quantitative estimate of drug-likeness (QED) is 0.573. The fraction of sp³-hybridized carbons (Fsp3) is 0.455. The molecule has 0 radical (unpaired) electrons. The number of carbonyl (C=O) groups excluding carboxylic acids is 1. The van der Waals surface area contributed by atoms with Crippen molar-refractivity contribution in [2.45, 2.75) is 0 Å². The molecule has 0 spiro atoms. The molecule has 6 nitrogen and oxygen atoms in total. The zero-order valence-corrected chi connectivity index (χ0v) is 11.1. The van der Waals surface area contributed by atoms with Crippen LogP contribution in [0.4, 0.5) is 10.2 Å². The Morgan fingerprint density at radius 2 is 2.00 bits per heavy atom. The van der Waals surface area contributed by atoms with E-state index in [-0.39, 0.29) is 36.0 Å². The molecule has 2 heterocycles. The number of anilines is 1. The Kier molecular flexibility index (Phi) is 3.70. The third kappa shape index (κ3) is 3.19. The summed E-state index contributed by atoms with van der Waals surface area (Å²) in [6, 6.07) is 2.38. The van der Waals surface area contributed by atoms with E-state index in [1.54, 1.807) is 4.90 Å². The maximum Gasteiger partial charge on any atom is 0.338 e. The molecule has 0 amide bonds. The van der Waals surface area contributed by atoms with E-state index in [9.17, 15) is 17.6 Å². The van der Waals surface area contributed by atoms with Gasteiger partial charge in [0.25, 0.3) is 0 Å². The van der Waals surface area contributed by atoms with E-state index in [4.69, 9.17) is 0 Å². The van der Waals surface area contributed by atoms with Crippen LogP contribution < -0.4 is 4.90 Å². The fourth-order valence-electron chi connectivity index (χ4n) is 1.82. The van der Waals surface area contributed by atoms with E-state index in [0.29, 0.717) is 0 Å². The van der Waals surface area contributed by atoms with Gasteiger partial charge in [0.15, 0.2) is 9.84 Å². The fourth-order valence-corrected chi connectivity index (χ4v) is 3.02. The van der Waals surface area contributed by atoms with Crippen molar-refractivity contribution in [2.24, 2.45) is 0 Å². The molecule has 0 aliphatic carbocycles. The summed E-state index contributed by atoms with van der Waals surface area (Å²) in [7, 11) is -1.82. The molecular weight excluding hydrogens is 275 g/mol. The Balaban J connectivity index is 2.26. The second kappa shape index (κ2) is 5.12. The van der Waals surface area contributed by atoms with E-state index in [1.807, 2.05) is 0 Å². The summed E-state index contributed by atoms with van der Waals surface area (Å²) in [5, 5.41) is 0. The Bertz CT molecular complexity index is 589. The van der Waals surface area contributed by atoms with Crippen LogP contribution in [0.15, 0.2) is 12.1 Å². The monoisotopic (exact) mass is 288 g/mol. The summed E-state index contributed by atoms with van der Waals surface area (Å²) < 4.78 is 40.5. The number of nitrogens with zero attached hydrogens (tertiary/aromatic N) is 2. The molecule has 1 aromatic heterocycles. The van der Waals surface area contributed by atoms with Crippen molar-refractivity contribution in [2.75, 3.05) is 36.6 Å². The van der Waals surface area contributed by atoms with Crippen LogP contribution in [-0.4, -0.2) is 51.1 Å². The second-order valence-electron chi connectivity index (χ2n) is 4.17. The van der Waals surface area contributed by atoms with Crippen molar-refractivity contribution in [3.8, 4) is 0 Å². The van der Waals surface area contributed by atoms with E-state index in [1.165, 1.54) is 13.2 Å². The minimum absolute atomic E-state index is 0.00124. The summed E-state index contributed by atoms with van der Waals surface area (Å²) >= 11 is 0. The molecule has 19 heavy (non-hydrogen) atoms. The highest BCUT2D eigenvalue weighted by Gasteiger charge is 2.23. The Morgan fingerprint density at radius 1 is 1.37 bits per heavy atom. The number of aromatic nitrogens is 1. The number of rotatable bonds is 2. The number of hydrogen-bond donors (Lipinski definition) is 0. The number of hydrogen-bond acceptors (Lipinski definition) is 6. The van der Waals surface area contributed by atoms with Crippen LogP contribution in [0.2, 0.25) is 0 Å². The topological polar surface area (TPSA) is 76.6 Å². The molecule has 1 aromatic rings. The molecule has 0 atom stereocenters. The molecule has 2 rings (SSSR count). The van der Waals surface area contributed by atoms with Crippen LogP contribution in [-0.2, 0) is 14.6 Å². The number of sulfone groups is 1. The van der Waals surface area contributed by atoms with Crippen molar-refractivity contribution in [1.29, 1.82) is 0 Å². The van der Waals surface area contributed by atoms with Gasteiger partial charge in [-0.25, -0.2) is 18.2 Å². The van der Waals surface area contributed by atoms with Gasteiger partial charge in [0.05, 0.1) is 24.2 Å². The number of halogens is 1. The molecule has 104 valence electrons. The zero-order chi connectivity index (χ0) is 14.0. The van der Waals surface area contributed by atoms with Gasteiger partial charge in [-0.05, 0) is 6.07 Å². The molecule has 1 fully saturated rings. The first-order valence-electron chi connectivity index (χ1n) is 5.62. The molecule has 0 N–H and O–H groups in total. The maximum absolute atomic E-state index is 13.4. The smallest absolute Gasteiger partial charge is 0.338 e. The van der Waals surface area contributed by atoms with Gasteiger partial charge in [-0.2, -0.15) is 4.39 Å². The third-order valence-electron chi connectivity index (χ3n) is 2.87. The predicted octanol–water partition coefficient (Wildman–Crippen LogP) is 0.242. The molecule has 1 aliphatic rings. The van der Waals surface area contributed by atoms with Gasteiger partial charge in [-0.15, -0.1) is 0 Å². The normalized spacial score (nSPS) is 18.1. The van der Waals surface area contributed by atoms with Crippen LogP contribution in [0.5, 0.6) is 0 Å². The molecule has 0 saturated carbocycles. The van der Waals surface area contributed by atoms with Crippen LogP contribution in [0.25, 0.3) is 0 Å². The van der Waals surface area contributed by atoms with Gasteiger partial charge in [-0.3, -0.25) is 0 Å². The van der Waals surface area contributed by atoms with Gasteiger partial charge in [0.1, 0.15) is 5.82 Å². The van der Waals surface area contributed by atoms with Crippen molar-refractivity contribution >= 4 is 21.6 Å². The van der Waals surface area contributed by atoms with Gasteiger partial charge < -0.3 is 9.64 Å². The maximum atomic E-state index is 13.4. The Labute approximate surface area is 110 Å². The summed E-state index contributed by atoms with van der Waals surface area (Å²) in [6.07, 6.45) is 0. The second-order valence-corrected chi connectivity index (χ2v) is 6.47. The predicted molar refractivity (Wildman–Crippen MR) is 66.4 cm³/mol. The minimum atomic E-state index is -3.02. The van der Waals surface area contributed by atoms with Crippen molar-refractivity contribution in [1.82, 2.24) is 4.98 Å². The number of methoxy groups -OCH3 is 1. The van der Waals surface area contributed by atoms with E-state index >= 15 is 0 Å². The van der Waals surface area contributed by atoms with Crippen LogP contribution in [0.3, 0.4) is 0 Å². The van der Waals surface area contributed by atoms with Crippen LogP contribution >= 0.6 is 0 Å². The number of carbonyl (C=O) groups is 1. The zero-order valence-electron chi connectivity index (χ0n) is 10.3. The SMILES string of the molecule is COC(=O)c1cc(F)nc(N2CCS(=O)(=O)CC2)c1. The number of pyridine rings is 1. The number of esters is 1. The lowest BCUT2D eigenvalue weighted by Crippen LogP contribution is -2.40. The van der Waals surface area contributed by atoms with Gasteiger partial charge in [0, 0.05) is 19.2 Å². The summed E-state index contributed by atoms with van der Waals surface area (Å²) in [5.74, 6) is -1.22. The van der Waals surface area contributed by atoms with Gasteiger partial charge >= 0.3 is 5.97 Å². The molecule has 0 bridgehead atoms. The highest BCUT2D eigenvalue weighted by atomic mass is 32.2.